The average molecular weight is 316 g/mol. The number of hydrogen-bond acceptors (Lipinski definition) is 3. The van der Waals surface area contributed by atoms with Crippen molar-refractivity contribution in [1.82, 2.24) is 15.1 Å². The summed E-state index contributed by atoms with van der Waals surface area (Å²) in [4.78, 5) is 0. The maximum Gasteiger partial charge on any atom is 0.0850 e. The van der Waals surface area contributed by atoms with Crippen LogP contribution in [0.15, 0.2) is 0 Å². The standard InChI is InChI=1S/C16H30ClN3O/c1-7-12-14(17)13(20(8-2)19-12)11-16(6,21)9-10-18-15(3,4)5/h18,21H,7-11H2,1-6H3. The summed E-state index contributed by atoms with van der Waals surface area (Å²) < 4.78 is 1.91. The summed E-state index contributed by atoms with van der Waals surface area (Å²) in [6.07, 6.45) is 2.02. The minimum atomic E-state index is -0.792. The van der Waals surface area contributed by atoms with Crippen molar-refractivity contribution in [3.63, 3.8) is 0 Å². The molecule has 1 unspecified atom stereocenters. The van der Waals surface area contributed by atoms with Gasteiger partial charge in [-0.05, 0) is 54.0 Å². The SMILES string of the molecule is CCc1nn(CC)c(CC(C)(O)CCNC(C)(C)C)c1Cl. The number of hydrogen-bond donors (Lipinski definition) is 2. The first-order valence-electron chi connectivity index (χ1n) is 7.81. The van der Waals surface area contributed by atoms with Gasteiger partial charge in [0.05, 0.1) is 22.0 Å². The summed E-state index contributed by atoms with van der Waals surface area (Å²) >= 11 is 6.41. The van der Waals surface area contributed by atoms with Crippen LogP contribution in [0, 0.1) is 0 Å². The second kappa shape index (κ2) is 7.12. The second-order valence-electron chi connectivity index (χ2n) is 6.98. The molecule has 1 heterocycles. The third-order valence-electron chi connectivity index (χ3n) is 3.56. The van der Waals surface area contributed by atoms with Crippen LogP contribution in [-0.2, 0) is 19.4 Å². The summed E-state index contributed by atoms with van der Waals surface area (Å²) in [7, 11) is 0. The molecule has 122 valence electrons. The van der Waals surface area contributed by atoms with Crippen LogP contribution in [-0.4, -0.2) is 32.6 Å². The zero-order valence-corrected chi connectivity index (χ0v) is 15.0. The number of aromatic nitrogens is 2. The van der Waals surface area contributed by atoms with Crippen LogP contribution >= 0.6 is 11.6 Å². The minimum absolute atomic E-state index is 0.0638. The first kappa shape index (κ1) is 18.5. The molecular weight excluding hydrogens is 286 g/mol. The average Bonchev–Trinajstić information content (AvgIpc) is 2.63. The van der Waals surface area contributed by atoms with Crippen molar-refractivity contribution in [3.8, 4) is 0 Å². The smallest absolute Gasteiger partial charge is 0.0850 e. The summed E-state index contributed by atoms with van der Waals surface area (Å²) in [5, 5.41) is 19.3. The van der Waals surface area contributed by atoms with Crippen LogP contribution in [0.2, 0.25) is 5.02 Å². The predicted molar refractivity (Wildman–Crippen MR) is 89.0 cm³/mol. The van der Waals surface area contributed by atoms with Gasteiger partial charge in [0.2, 0.25) is 0 Å². The van der Waals surface area contributed by atoms with Crippen molar-refractivity contribution in [2.45, 2.75) is 78.5 Å². The molecule has 0 radical (unpaired) electrons. The molecule has 0 aliphatic carbocycles. The molecule has 0 saturated carbocycles. The fraction of sp³-hybridized carbons (Fsp3) is 0.812. The van der Waals surface area contributed by atoms with Gasteiger partial charge in [0.1, 0.15) is 0 Å². The number of halogens is 1. The third-order valence-corrected chi connectivity index (χ3v) is 4.00. The van der Waals surface area contributed by atoms with Gasteiger partial charge in [-0.2, -0.15) is 5.10 Å². The van der Waals surface area contributed by atoms with Crippen molar-refractivity contribution in [2.75, 3.05) is 6.54 Å². The Hall–Kier alpha value is -0.580. The van der Waals surface area contributed by atoms with E-state index >= 15 is 0 Å². The van der Waals surface area contributed by atoms with E-state index in [1.807, 2.05) is 25.5 Å². The molecule has 21 heavy (non-hydrogen) atoms. The normalized spacial score (nSPS) is 15.2. The van der Waals surface area contributed by atoms with Crippen molar-refractivity contribution < 1.29 is 5.11 Å². The number of rotatable bonds is 7. The maximum atomic E-state index is 10.7. The van der Waals surface area contributed by atoms with Crippen LogP contribution in [0.1, 0.15) is 59.4 Å². The molecule has 0 aromatic carbocycles. The van der Waals surface area contributed by atoms with E-state index < -0.39 is 5.60 Å². The van der Waals surface area contributed by atoms with E-state index in [9.17, 15) is 5.11 Å². The number of nitrogens with zero attached hydrogens (tertiary/aromatic N) is 2. The van der Waals surface area contributed by atoms with Gasteiger partial charge in [-0.25, -0.2) is 0 Å². The molecular formula is C16H30ClN3O. The summed E-state index contributed by atoms with van der Waals surface area (Å²) in [5.41, 5.74) is 1.13. The monoisotopic (exact) mass is 315 g/mol. The topological polar surface area (TPSA) is 50.1 Å². The van der Waals surface area contributed by atoms with E-state index in [-0.39, 0.29) is 5.54 Å². The van der Waals surface area contributed by atoms with Gasteiger partial charge >= 0.3 is 0 Å². The Kier molecular flexibility index (Phi) is 6.26. The molecule has 0 aliphatic heterocycles. The molecule has 0 amide bonds. The molecule has 0 fully saturated rings. The van der Waals surface area contributed by atoms with Crippen LogP contribution in [0.25, 0.3) is 0 Å². The number of nitrogens with one attached hydrogen (secondary N) is 1. The highest BCUT2D eigenvalue weighted by Crippen LogP contribution is 2.26. The first-order chi connectivity index (χ1) is 9.59. The molecule has 0 saturated heterocycles. The van der Waals surface area contributed by atoms with E-state index in [0.717, 1.165) is 30.9 Å². The molecule has 0 spiro atoms. The minimum Gasteiger partial charge on any atom is -0.390 e. The first-order valence-corrected chi connectivity index (χ1v) is 8.19. The quantitative estimate of drug-likeness (QED) is 0.812. The highest BCUT2D eigenvalue weighted by Gasteiger charge is 2.26. The van der Waals surface area contributed by atoms with Gasteiger partial charge in [0.25, 0.3) is 0 Å². The summed E-state index contributed by atoms with van der Waals surface area (Å²) in [6.45, 7) is 13.9. The molecule has 1 atom stereocenters. The number of aryl methyl sites for hydroxylation is 2. The molecule has 1 rings (SSSR count). The van der Waals surface area contributed by atoms with Gasteiger partial charge in [0, 0.05) is 18.5 Å². The van der Waals surface area contributed by atoms with Crippen molar-refractivity contribution >= 4 is 11.6 Å². The Morgan fingerprint density at radius 2 is 1.86 bits per heavy atom. The Bertz CT molecular complexity index is 461. The predicted octanol–water partition coefficient (Wildman–Crippen LogP) is 3.19. The largest absolute Gasteiger partial charge is 0.390 e. The Morgan fingerprint density at radius 3 is 2.33 bits per heavy atom. The maximum absolute atomic E-state index is 10.7. The van der Waals surface area contributed by atoms with Crippen LogP contribution in [0.4, 0.5) is 0 Å². The zero-order chi connectivity index (χ0) is 16.3. The highest BCUT2D eigenvalue weighted by molar-refractivity contribution is 6.31. The lowest BCUT2D eigenvalue weighted by atomic mass is 9.95. The molecule has 5 heteroatoms. The lowest BCUT2D eigenvalue weighted by molar-refractivity contribution is 0.0479. The van der Waals surface area contributed by atoms with Gasteiger partial charge < -0.3 is 10.4 Å². The van der Waals surface area contributed by atoms with E-state index in [0.29, 0.717) is 17.9 Å². The molecule has 0 aliphatic rings. The third kappa shape index (κ3) is 5.61. The summed E-state index contributed by atoms with van der Waals surface area (Å²) in [6, 6.07) is 0. The van der Waals surface area contributed by atoms with Gasteiger partial charge in [-0.3, -0.25) is 4.68 Å². The molecule has 2 N–H and O–H groups in total. The van der Waals surface area contributed by atoms with Crippen LogP contribution in [0.5, 0.6) is 0 Å². The molecule has 0 bridgehead atoms. The van der Waals surface area contributed by atoms with Crippen molar-refractivity contribution in [2.24, 2.45) is 0 Å². The van der Waals surface area contributed by atoms with E-state index in [1.54, 1.807) is 0 Å². The van der Waals surface area contributed by atoms with E-state index in [4.69, 9.17) is 11.6 Å². The lowest BCUT2D eigenvalue weighted by Gasteiger charge is -2.27. The highest BCUT2D eigenvalue weighted by atomic mass is 35.5. The van der Waals surface area contributed by atoms with Crippen LogP contribution < -0.4 is 5.32 Å². The lowest BCUT2D eigenvalue weighted by Crippen LogP contribution is -2.40. The fourth-order valence-corrected chi connectivity index (χ4v) is 2.68. The molecule has 4 nitrogen and oxygen atoms in total. The van der Waals surface area contributed by atoms with Crippen LogP contribution in [0.3, 0.4) is 0 Å². The Labute approximate surface area is 133 Å². The van der Waals surface area contributed by atoms with Gasteiger partial charge in [-0.15, -0.1) is 0 Å². The molecule has 1 aromatic rings. The zero-order valence-electron chi connectivity index (χ0n) is 14.3. The second-order valence-corrected chi connectivity index (χ2v) is 7.36. The Balaban J connectivity index is 2.76. The van der Waals surface area contributed by atoms with Gasteiger partial charge in [0.15, 0.2) is 0 Å². The fourth-order valence-electron chi connectivity index (χ4n) is 2.34. The van der Waals surface area contributed by atoms with E-state index in [1.165, 1.54) is 0 Å². The van der Waals surface area contributed by atoms with E-state index in [2.05, 4.69) is 31.2 Å². The molecule has 1 aromatic heterocycles. The number of aliphatic hydroxyl groups is 1. The van der Waals surface area contributed by atoms with Crippen molar-refractivity contribution in [3.05, 3.63) is 16.4 Å². The van der Waals surface area contributed by atoms with Gasteiger partial charge in [-0.1, -0.05) is 18.5 Å². The Morgan fingerprint density at radius 1 is 1.24 bits per heavy atom. The summed E-state index contributed by atoms with van der Waals surface area (Å²) in [5.74, 6) is 0. The van der Waals surface area contributed by atoms with Crippen molar-refractivity contribution in [1.29, 1.82) is 0 Å².